The van der Waals surface area contributed by atoms with Gasteiger partial charge in [-0.3, -0.25) is 0 Å². The molecular formula is C13H17NO. The van der Waals surface area contributed by atoms with Crippen LogP contribution >= 0.6 is 0 Å². The number of phenolic OH excluding ortho intramolecular Hbond substituents is 1. The van der Waals surface area contributed by atoms with Crippen LogP contribution in [0.3, 0.4) is 0 Å². The van der Waals surface area contributed by atoms with Crippen LogP contribution in [0.15, 0.2) is 18.2 Å². The van der Waals surface area contributed by atoms with Crippen molar-refractivity contribution >= 4 is 0 Å². The van der Waals surface area contributed by atoms with Crippen molar-refractivity contribution in [3.63, 3.8) is 0 Å². The van der Waals surface area contributed by atoms with E-state index in [4.69, 9.17) is 0 Å². The Balaban J connectivity index is 1.95. The Morgan fingerprint density at radius 2 is 2.20 bits per heavy atom. The monoisotopic (exact) mass is 203 g/mol. The number of phenols is 1. The fourth-order valence-electron chi connectivity index (χ4n) is 3.05. The van der Waals surface area contributed by atoms with E-state index in [0.29, 0.717) is 11.8 Å². The van der Waals surface area contributed by atoms with Crippen LogP contribution in [0.4, 0.5) is 0 Å². The second-order valence-electron chi connectivity index (χ2n) is 4.79. The highest BCUT2D eigenvalue weighted by Crippen LogP contribution is 2.34. The smallest absolute Gasteiger partial charge is 0.119 e. The summed E-state index contributed by atoms with van der Waals surface area (Å²) in [5.74, 6) is 1.27. The van der Waals surface area contributed by atoms with Gasteiger partial charge in [0.05, 0.1) is 0 Å². The van der Waals surface area contributed by atoms with E-state index in [-0.39, 0.29) is 0 Å². The van der Waals surface area contributed by atoms with Crippen molar-refractivity contribution in [3.8, 4) is 5.75 Å². The number of hydrogen-bond donors (Lipinski definition) is 2. The number of hydrogen-bond acceptors (Lipinski definition) is 2. The van der Waals surface area contributed by atoms with Gasteiger partial charge in [-0.15, -0.1) is 0 Å². The second kappa shape index (κ2) is 3.53. The average molecular weight is 203 g/mol. The highest BCUT2D eigenvalue weighted by molar-refractivity contribution is 5.42. The van der Waals surface area contributed by atoms with Gasteiger partial charge in [-0.1, -0.05) is 12.1 Å². The van der Waals surface area contributed by atoms with Crippen LogP contribution in [0.2, 0.25) is 0 Å². The molecule has 1 aromatic carbocycles. The summed E-state index contributed by atoms with van der Waals surface area (Å²) < 4.78 is 0. The normalized spacial score (nSPS) is 29.3. The van der Waals surface area contributed by atoms with Crippen LogP contribution in [0.5, 0.6) is 5.75 Å². The number of aromatic hydroxyl groups is 1. The van der Waals surface area contributed by atoms with Crippen LogP contribution in [0.25, 0.3) is 0 Å². The molecule has 2 aliphatic rings. The molecule has 1 aromatic rings. The summed E-state index contributed by atoms with van der Waals surface area (Å²) >= 11 is 0. The minimum Gasteiger partial charge on any atom is -0.508 e. The lowest BCUT2D eigenvalue weighted by Gasteiger charge is -2.37. The molecule has 1 aliphatic heterocycles. The molecule has 0 spiro atoms. The first-order valence-electron chi connectivity index (χ1n) is 5.88. The maximum atomic E-state index is 9.82. The van der Waals surface area contributed by atoms with E-state index in [1.54, 1.807) is 0 Å². The number of benzene rings is 1. The third kappa shape index (κ3) is 1.53. The van der Waals surface area contributed by atoms with Gasteiger partial charge in [0.15, 0.2) is 0 Å². The summed E-state index contributed by atoms with van der Waals surface area (Å²) in [5.41, 5.74) is 2.54. The third-order valence-electron chi connectivity index (χ3n) is 3.88. The molecule has 1 saturated heterocycles. The third-order valence-corrected chi connectivity index (χ3v) is 3.88. The zero-order valence-electron chi connectivity index (χ0n) is 8.87. The largest absolute Gasteiger partial charge is 0.508 e. The van der Waals surface area contributed by atoms with Gasteiger partial charge in [0, 0.05) is 6.04 Å². The lowest BCUT2D eigenvalue weighted by atomic mass is 9.76. The molecule has 1 heterocycles. The van der Waals surface area contributed by atoms with E-state index in [1.165, 1.54) is 24.0 Å². The molecule has 0 unspecified atom stereocenters. The summed E-state index contributed by atoms with van der Waals surface area (Å²) in [5, 5.41) is 13.4. The summed E-state index contributed by atoms with van der Waals surface area (Å²) in [6.45, 7) is 1.14. The van der Waals surface area contributed by atoms with Crippen LogP contribution in [0, 0.1) is 5.92 Å². The van der Waals surface area contributed by atoms with Crippen LogP contribution in [-0.4, -0.2) is 17.7 Å². The Morgan fingerprint density at radius 1 is 1.27 bits per heavy atom. The quantitative estimate of drug-likeness (QED) is 0.674. The number of nitrogens with one attached hydrogen (secondary N) is 1. The molecule has 1 fully saturated rings. The Kier molecular flexibility index (Phi) is 2.17. The maximum absolute atomic E-state index is 9.82. The standard InChI is InChI=1S/C13H17NO/c15-13-5-1-3-9-7-10-4-2-6-14-12(10)8-11(9)13/h1,3,5,10,12,14-15H,2,4,6-8H2/t10-,12+/m1/s1. The van der Waals surface area contributed by atoms with Gasteiger partial charge in [-0.05, 0) is 55.3 Å². The Hall–Kier alpha value is -1.02. The maximum Gasteiger partial charge on any atom is 0.119 e. The minimum absolute atomic E-state index is 0.485. The first kappa shape index (κ1) is 9.22. The summed E-state index contributed by atoms with van der Waals surface area (Å²) in [6.07, 6.45) is 4.79. The van der Waals surface area contributed by atoms with Crippen LogP contribution < -0.4 is 5.32 Å². The van der Waals surface area contributed by atoms with Gasteiger partial charge in [-0.25, -0.2) is 0 Å². The number of rotatable bonds is 0. The van der Waals surface area contributed by atoms with Crippen molar-refractivity contribution in [1.82, 2.24) is 5.32 Å². The van der Waals surface area contributed by atoms with Gasteiger partial charge in [-0.2, -0.15) is 0 Å². The SMILES string of the molecule is Oc1cccc2c1C[C@@H]1NCCC[C@@H]1C2. The summed E-state index contributed by atoms with van der Waals surface area (Å²) in [4.78, 5) is 0. The van der Waals surface area contributed by atoms with Crippen molar-refractivity contribution in [2.75, 3.05) is 6.54 Å². The first-order chi connectivity index (χ1) is 7.34. The van der Waals surface area contributed by atoms with Gasteiger partial charge >= 0.3 is 0 Å². The second-order valence-corrected chi connectivity index (χ2v) is 4.79. The zero-order valence-corrected chi connectivity index (χ0v) is 8.87. The molecule has 0 saturated carbocycles. The first-order valence-corrected chi connectivity index (χ1v) is 5.88. The summed E-state index contributed by atoms with van der Waals surface area (Å²) in [6, 6.07) is 6.53. The lowest BCUT2D eigenvalue weighted by molar-refractivity contribution is 0.260. The fraction of sp³-hybridized carbons (Fsp3) is 0.538. The van der Waals surface area contributed by atoms with Crippen LogP contribution in [-0.2, 0) is 12.8 Å². The molecule has 2 atom stereocenters. The van der Waals surface area contributed by atoms with Gasteiger partial charge in [0.1, 0.15) is 5.75 Å². The Labute approximate surface area is 90.3 Å². The Bertz CT molecular complexity index is 375. The van der Waals surface area contributed by atoms with E-state index in [2.05, 4.69) is 11.4 Å². The predicted molar refractivity (Wildman–Crippen MR) is 60.0 cm³/mol. The minimum atomic E-state index is 0.485. The lowest BCUT2D eigenvalue weighted by Crippen LogP contribution is -2.45. The van der Waals surface area contributed by atoms with E-state index in [0.717, 1.165) is 25.3 Å². The molecule has 1 aliphatic carbocycles. The molecule has 2 nitrogen and oxygen atoms in total. The summed E-state index contributed by atoms with van der Waals surface area (Å²) in [7, 11) is 0. The topological polar surface area (TPSA) is 32.3 Å². The molecule has 0 amide bonds. The molecule has 80 valence electrons. The highest BCUT2D eigenvalue weighted by atomic mass is 16.3. The van der Waals surface area contributed by atoms with Crippen LogP contribution in [0.1, 0.15) is 24.0 Å². The molecular weight excluding hydrogens is 186 g/mol. The van der Waals surface area contributed by atoms with Crippen molar-refractivity contribution < 1.29 is 5.11 Å². The predicted octanol–water partition coefficient (Wildman–Crippen LogP) is 1.86. The van der Waals surface area contributed by atoms with Crippen molar-refractivity contribution in [3.05, 3.63) is 29.3 Å². The molecule has 0 radical (unpaired) electrons. The van der Waals surface area contributed by atoms with E-state index in [1.807, 2.05) is 12.1 Å². The molecule has 15 heavy (non-hydrogen) atoms. The Morgan fingerprint density at radius 3 is 3.13 bits per heavy atom. The molecule has 2 heteroatoms. The number of fused-ring (bicyclic) bond motifs is 2. The number of piperidine rings is 1. The highest BCUT2D eigenvalue weighted by Gasteiger charge is 2.31. The van der Waals surface area contributed by atoms with Gasteiger partial charge < -0.3 is 10.4 Å². The van der Waals surface area contributed by atoms with Crippen molar-refractivity contribution in [1.29, 1.82) is 0 Å². The van der Waals surface area contributed by atoms with Crippen molar-refractivity contribution in [2.24, 2.45) is 5.92 Å². The molecule has 0 bridgehead atoms. The van der Waals surface area contributed by atoms with Crippen molar-refractivity contribution in [2.45, 2.75) is 31.7 Å². The van der Waals surface area contributed by atoms with Gasteiger partial charge in [0.2, 0.25) is 0 Å². The van der Waals surface area contributed by atoms with E-state index >= 15 is 0 Å². The fourth-order valence-corrected chi connectivity index (χ4v) is 3.05. The average Bonchev–Trinajstić information content (AvgIpc) is 2.27. The van der Waals surface area contributed by atoms with Gasteiger partial charge in [0.25, 0.3) is 0 Å². The zero-order chi connectivity index (χ0) is 10.3. The van der Waals surface area contributed by atoms with E-state index in [9.17, 15) is 5.11 Å². The van der Waals surface area contributed by atoms with E-state index < -0.39 is 0 Å². The molecule has 0 aromatic heterocycles. The molecule has 3 rings (SSSR count). The molecule has 2 N–H and O–H groups in total.